The molecule has 0 saturated heterocycles. The molecule has 20 heavy (non-hydrogen) atoms. The van der Waals surface area contributed by atoms with Crippen LogP contribution in [-0.2, 0) is 12.8 Å². The predicted octanol–water partition coefficient (Wildman–Crippen LogP) is 3.77. The number of nitrogens with one attached hydrogen (secondary N) is 1. The quantitative estimate of drug-likeness (QED) is 0.856. The van der Waals surface area contributed by atoms with Gasteiger partial charge >= 0.3 is 0 Å². The van der Waals surface area contributed by atoms with Crippen LogP contribution in [0.25, 0.3) is 11.4 Å². The van der Waals surface area contributed by atoms with Crippen LogP contribution >= 0.6 is 12.2 Å². The summed E-state index contributed by atoms with van der Waals surface area (Å²) in [7, 11) is 0. The minimum atomic E-state index is 0.284. The molecule has 5 heteroatoms. The fourth-order valence-electron chi connectivity index (χ4n) is 2.94. The molecular formula is C15H20N4S. The molecule has 0 aromatic carbocycles. The summed E-state index contributed by atoms with van der Waals surface area (Å²) in [6.45, 7) is 6.30. The molecule has 1 aliphatic rings. The normalized spacial score (nSPS) is 14.6. The van der Waals surface area contributed by atoms with Crippen LogP contribution in [0.15, 0.2) is 6.07 Å². The minimum Gasteiger partial charge on any atom is -0.298 e. The summed E-state index contributed by atoms with van der Waals surface area (Å²) in [4.78, 5) is 4.80. The summed E-state index contributed by atoms with van der Waals surface area (Å²) in [5, 5.41) is 7.34. The highest BCUT2D eigenvalue weighted by Gasteiger charge is 2.18. The van der Waals surface area contributed by atoms with E-state index in [0.29, 0.717) is 4.77 Å². The number of hydrogen-bond donors (Lipinski definition) is 1. The van der Waals surface area contributed by atoms with E-state index in [1.165, 1.54) is 24.1 Å². The fourth-order valence-corrected chi connectivity index (χ4v) is 3.28. The summed E-state index contributed by atoms with van der Waals surface area (Å²) >= 11 is 5.34. The second kappa shape index (κ2) is 5.13. The number of pyridine rings is 1. The van der Waals surface area contributed by atoms with Crippen molar-refractivity contribution < 1.29 is 0 Å². The lowest BCUT2D eigenvalue weighted by Crippen LogP contribution is -2.09. The Morgan fingerprint density at radius 3 is 2.80 bits per heavy atom. The number of fused-ring (bicyclic) bond motifs is 1. The van der Waals surface area contributed by atoms with Crippen molar-refractivity contribution in [1.82, 2.24) is 19.7 Å². The van der Waals surface area contributed by atoms with E-state index in [-0.39, 0.29) is 6.04 Å². The van der Waals surface area contributed by atoms with Crippen molar-refractivity contribution in [3.63, 3.8) is 0 Å². The second-order valence-corrected chi connectivity index (χ2v) is 6.14. The van der Waals surface area contributed by atoms with Crippen LogP contribution in [0.4, 0.5) is 0 Å². The zero-order valence-electron chi connectivity index (χ0n) is 12.2. The molecule has 0 aliphatic heterocycles. The molecule has 0 fully saturated rings. The van der Waals surface area contributed by atoms with Crippen LogP contribution < -0.4 is 0 Å². The molecule has 3 rings (SSSR count). The number of nitrogens with zero attached hydrogens (tertiary/aromatic N) is 3. The smallest absolute Gasteiger partial charge is 0.195 e. The first kappa shape index (κ1) is 13.5. The van der Waals surface area contributed by atoms with Gasteiger partial charge in [-0.15, -0.1) is 0 Å². The van der Waals surface area contributed by atoms with Gasteiger partial charge in [-0.2, -0.15) is 5.10 Å². The molecular weight excluding hydrogens is 268 g/mol. The number of rotatable bonds is 2. The molecule has 0 unspecified atom stereocenters. The molecule has 0 saturated carbocycles. The zero-order valence-corrected chi connectivity index (χ0v) is 13.0. The number of aryl methyl sites for hydroxylation is 3. The number of hydrogen-bond acceptors (Lipinski definition) is 3. The van der Waals surface area contributed by atoms with E-state index in [1.807, 2.05) is 0 Å². The Hall–Kier alpha value is -1.49. The largest absolute Gasteiger partial charge is 0.298 e. The summed E-state index contributed by atoms with van der Waals surface area (Å²) in [6, 6.07) is 2.55. The maximum Gasteiger partial charge on any atom is 0.195 e. The van der Waals surface area contributed by atoms with Gasteiger partial charge in [0.15, 0.2) is 10.6 Å². The van der Waals surface area contributed by atoms with E-state index in [4.69, 9.17) is 17.2 Å². The molecule has 0 amide bonds. The Labute approximate surface area is 124 Å². The van der Waals surface area contributed by atoms with Crippen LogP contribution in [-0.4, -0.2) is 19.7 Å². The molecule has 1 N–H and O–H groups in total. The van der Waals surface area contributed by atoms with Crippen LogP contribution in [0.1, 0.15) is 49.7 Å². The summed E-state index contributed by atoms with van der Waals surface area (Å²) in [5.41, 5.74) is 4.79. The Morgan fingerprint density at radius 1 is 1.30 bits per heavy atom. The molecule has 0 bridgehead atoms. The van der Waals surface area contributed by atoms with Crippen molar-refractivity contribution in [2.75, 3.05) is 0 Å². The van der Waals surface area contributed by atoms with Crippen LogP contribution in [0.2, 0.25) is 0 Å². The third-order valence-electron chi connectivity index (χ3n) is 3.95. The highest BCUT2D eigenvalue weighted by molar-refractivity contribution is 7.71. The topological polar surface area (TPSA) is 46.5 Å². The fraction of sp³-hybridized carbons (Fsp3) is 0.533. The van der Waals surface area contributed by atoms with E-state index in [2.05, 4.69) is 41.6 Å². The predicted molar refractivity (Wildman–Crippen MR) is 82.4 cm³/mol. The Balaban J connectivity index is 2.18. The number of aromatic nitrogens is 4. The van der Waals surface area contributed by atoms with Gasteiger partial charge in [-0.1, -0.05) is 0 Å². The first-order valence-electron chi connectivity index (χ1n) is 7.24. The van der Waals surface area contributed by atoms with Crippen molar-refractivity contribution in [2.45, 2.75) is 52.5 Å². The van der Waals surface area contributed by atoms with Crippen molar-refractivity contribution in [2.24, 2.45) is 0 Å². The number of H-pyrrole nitrogens is 1. The van der Waals surface area contributed by atoms with E-state index in [9.17, 15) is 0 Å². The van der Waals surface area contributed by atoms with Crippen molar-refractivity contribution in [1.29, 1.82) is 0 Å². The maximum atomic E-state index is 5.34. The van der Waals surface area contributed by atoms with Gasteiger partial charge in [0.05, 0.1) is 0 Å². The van der Waals surface area contributed by atoms with E-state index in [0.717, 1.165) is 29.9 Å². The van der Waals surface area contributed by atoms with Gasteiger partial charge in [-0.05, 0) is 70.3 Å². The van der Waals surface area contributed by atoms with Crippen LogP contribution in [0.3, 0.4) is 0 Å². The first-order chi connectivity index (χ1) is 9.58. The van der Waals surface area contributed by atoms with Crippen molar-refractivity contribution >= 4 is 12.2 Å². The number of aromatic amines is 1. The monoisotopic (exact) mass is 288 g/mol. The van der Waals surface area contributed by atoms with Crippen molar-refractivity contribution in [3.8, 4) is 11.4 Å². The Kier molecular flexibility index (Phi) is 3.46. The van der Waals surface area contributed by atoms with Gasteiger partial charge in [-0.3, -0.25) is 14.6 Å². The highest BCUT2D eigenvalue weighted by Crippen LogP contribution is 2.28. The Bertz CT molecular complexity index is 696. The van der Waals surface area contributed by atoms with Gasteiger partial charge in [-0.25, -0.2) is 0 Å². The summed E-state index contributed by atoms with van der Waals surface area (Å²) in [5.74, 6) is 0.906. The van der Waals surface area contributed by atoms with Gasteiger partial charge in [0, 0.05) is 23.0 Å². The average Bonchev–Trinajstić information content (AvgIpc) is 2.79. The third-order valence-corrected chi connectivity index (χ3v) is 4.24. The van der Waals surface area contributed by atoms with Gasteiger partial charge < -0.3 is 0 Å². The highest BCUT2D eigenvalue weighted by atomic mass is 32.1. The van der Waals surface area contributed by atoms with Gasteiger partial charge in [0.1, 0.15) is 0 Å². The minimum absolute atomic E-state index is 0.284. The lowest BCUT2D eigenvalue weighted by Gasteiger charge is -2.18. The molecule has 106 valence electrons. The molecule has 2 heterocycles. The molecule has 2 aromatic rings. The lowest BCUT2D eigenvalue weighted by atomic mass is 9.94. The van der Waals surface area contributed by atoms with Crippen LogP contribution in [0, 0.1) is 11.7 Å². The first-order valence-corrected chi connectivity index (χ1v) is 7.65. The molecule has 1 aliphatic carbocycles. The second-order valence-electron chi connectivity index (χ2n) is 5.75. The zero-order chi connectivity index (χ0) is 14.3. The third kappa shape index (κ3) is 2.20. The molecule has 0 atom stereocenters. The van der Waals surface area contributed by atoms with E-state index in [1.54, 1.807) is 0 Å². The Morgan fingerprint density at radius 2 is 2.05 bits per heavy atom. The standard InChI is InChI=1S/C15H20N4S/c1-9(2)19-14(17-18-15(19)20)12-8-11-6-4-5-7-13(11)16-10(12)3/h8-9H,4-7H2,1-3H3,(H,18,20). The molecule has 0 spiro atoms. The maximum absolute atomic E-state index is 5.34. The lowest BCUT2D eigenvalue weighted by molar-refractivity contribution is 0.596. The van der Waals surface area contributed by atoms with E-state index < -0.39 is 0 Å². The molecule has 0 radical (unpaired) electrons. The van der Waals surface area contributed by atoms with E-state index >= 15 is 0 Å². The summed E-state index contributed by atoms with van der Waals surface area (Å²) < 4.78 is 2.74. The molecule has 4 nitrogen and oxygen atoms in total. The van der Waals surface area contributed by atoms with Gasteiger partial charge in [0.25, 0.3) is 0 Å². The van der Waals surface area contributed by atoms with Gasteiger partial charge in [0.2, 0.25) is 0 Å². The van der Waals surface area contributed by atoms with Crippen molar-refractivity contribution in [3.05, 3.63) is 27.8 Å². The average molecular weight is 288 g/mol. The SMILES string of the molecule is Cc1nc2c(cc1-c1n[nH]c(=S)n1C(C)C)CCCC2. The van der Waals surface area contributed by atoms with Crippen LogP contribution in [0.5, 0.6) is 0 Å². The summed E-state index contributed by atoms with van der Waals surface area (Å²) in [6.07, 6.45) is 4.74. The molecule has 2 aromatic heterocycles.